The van der Waals surface area contributed by atoms with Crippen LogP contribution in [0.2, 0.25) is 0 Å². The Hall–Kier alpha value is -3.42. The molecule has 1 aromatic heterocycles. The summed E-state index contributed by atoms with van der Waals surface area (Å²) in [5.74, 6) is 2.21. The number of hydrogen-bond acceptors (Lipinski definition) is 6. The molecule has 0 aliphatic carbocycles. The molecule has 1 atom stereocenters. The van der Waals surface area contributed by atoms with Crippen molar-refractivity contribution in [3.8, 4) is 11.3 Å². The van der Waals surface area contributed by atoms with Crippen LogP contribution in [-0.4, -0.2) is 63.3 Å². The van der Waals surface area contributed by atoms with Gasteiger partial charge < -0.3 is 14.5 Å². The fourth-order valence-corrected chi connectivity index (χ4v) is 5.75. The van der Waals surface area contributed by atoms with Gasteiger partial charge in [-0.1, -0.05) is 30.3 Å². The number of hydrogen-bond donors (Lipinski definition) is 0. The van der Waals surface area contributed by atoms with E-state index < -0.39 is 0 Å². The van der Waals surface area contributed by atoms with E-state index in [0.29, 0.717) is 6.54 Å². The SMILES string of the molecule is C=C1/C=C(/OC)CCCCC(N2CCC3(CCN(Cc4nn(C)nc4-c4cccc(C)c4)C3=O)C2)=N1. The van der Waals surface area contributed by atoms with E-state index in [-0.39, 0.29) is 11.3 Å². The predicted molar refractivity (Wildman–Crippen MR) is 140 cm³/mol. The minimum absolute atomic E-state index is 0.231. The Labute approximate surface area is 213 Å². The molecule has 4 heterocycles. The molecule has 2 fully saturated rings. The molecule has 0 N–H and O–H groups in total. The minimum atomic E-state index is -0.346. The van der Waals surface area contributed by atoms with Gasteiger partial charge in [-0.25, -0.2) is 4.99 Å². The molecule has 5 rings (SSSR count). The number of aromatic nitrogens is 3. The van der Waals surface area contributed by atoms with Crippen molar-refractivity contribution in [2.45, 2.75) is 52.0 Å². The van der Waals surface area contributed by atoms with Gasteiger partial charge in [-0.3, -0.25) is 4.79 Å². The summed E-state index contributed by atoms with van der Waals surface area (Å²) < 4.78 is 5.46. The van der Waals surface area contributed by atoms with Crippen molar-refractivity contribution in [3.05, 3.63) is 59.6 Å². The zero-order valence-electron chi connectivity index (χ0n) is 21.7. The second kappa shape index (κ2) is 9.91. The van der Waals surface area contributed by atoms with E-state index in [2.05, 4.69) is 46.8 Å². The van der Waals surface area contributed by atoms with Crippen LogP contribution < -0.4 is 0 Å². The highest BCUT2D eigenvalue weighted by Gasteiger charge is 2.51. The van der Waals surface area contributed by atoms with E-state index in [4.69, 9.17) is 9.73 Å². The molecule has 1 aromatic carbocycles. The standard InChI is InChI=1S/C28H36N6O2/c1-20-8-7-9-22(16-20)26-24(30-32(3)31-26)18-33-14-12-28(27(33)35)13-15-34(19-28)25-11-6-5-10-23(36-4)17-21(2)29-25/h7-9,16-17H,2,5-6,10-15,18-19H2,1,3-4H3/b23-17+,29-25?. The molecule has 8 nitrogen and oxygen atoms in total. The molecule has 2 saturated heterocycles. The van der Waals surface area contributed by atoms with Crippen molar-refractivity contribution in [1.29, 1.82) is 0 Å². The maximum Gasteiger partial charge on any atom is 0.231 e. The zero-order valence-corrected chi connectivity index (χ0v) is 21.7. The first-order valence-electron chi connectivity index (χ1n) is 12.9. The van der Waals surface area contributed by atoms with Crippen molar-refractivity contribution in [2.75, 3.05) is 26.7 Å². The Morgan fingerprint density at radius 2 is 1.94 bits per heavy atom. The first kappa shape index (κ1) is 24.3. The van der Waals surface area contributed by atoms with Gasteiger partial charge >= 0.3 is 0 Å². The largest absolute Gasteiger partial charge is 0.501 e. The Bertz CT molecular complexity index is 1230. The topological polar surface area (TPSA) is 75.8 Å². The van der Waals surface area contributed by atoms with Crippen LogP contribution in [0.25, 0.3) is 11.3 Å². The molecular weight excluding hydrogens is 452 g/mol. The summed E-state index contributed by atoms with van der Waals surface area (Å²) in [4.78, 5) is 24.5. The van der Waals surface area contributed by atoms with Crippen LogP contribution in [0.5, 0.6) is 0 Å². The number of carbonyl (C=O) groups is 1. The lowest BCUT2D eigenvalue weighted by molar-refractivity contribution is -0.135. The van der Waals surface area contributed by atoms with Crippen LogP contribution in [0.15, 0.2) is 53.4 Å². The Morgan fingerprint density at radius 3 is 2.75 bits per heavy atom. The van der Waals surface area contributed by atoms with Crippen molar-refractivity contribution >= 4 is 11.7 Å². The van der Waals surface area contributed by atoms with E-state index in [1.165, 1.54) is 5.56 Å². The number of allylic oxidation sites excluding steroid dienone is 2. The van der Waals surface area contributed by atoms with E-state index >= 15 is 0 Å². The molecule has 3 aliphatic heterocycles. The molecule has 0 saturated carbocycles. The minimum Gasteiger partial charge on any atom is -0.501 e. The van der Waals surface area contributed by atoms with E-state index in [1.54, 1.807) is 11.9 Å². The molecule has 1 amide bonds. The number of amidine groups is 1. The van der Waals surface area contributed by atoms with Crippen molar-refractivity contribution < 1.29 is 9.53 Å². The summed E-state index contributed by atoms with van der Waals surface area (Å²) in [6.07, 6.45) is 7.57. The number of aliphatic imine (C=N–C) groups is 1. The molecule has 1 spiro atoms. The summed E-state index contributed by atoms with van der Waals surface area (Å²) in [7, 11) is 3.54. The fraction of sp³-hybridized carbons (Fsp3) is 0.500. The monoisotopic (exact) mass is 488 g/mol. The highest BCUT2D eigenvalue weighted by atomic mass is 16.5. The lowest BCUT2D eigenvalue weighted by Gasteiger charge is -2.25. The van der Waals surface area contributed by atoms with E-state index in [0.717, 1.165) is 92.4 Å². The number of carbonyl (C=O) groups excluding carboxylic acids is 1. The maximum atomic E-state index is 13.8. The highest BCUT2D eigenvalue weighted by Crippen LogP contribution is 2.42. The maximum absolute atomic E-state index is 13.8. The van der Waals surface area contributed by atoms with Crippen LogP contribution >= 0.6 is 0 Å². The number of likely N-dealkylation sites (tertiary alicyclic amines) is 2. The fourth-order valence-electron chi connectivity index (χ4n) is 5.75. The van der Waals surface area contributed by atoms with Gasteiger partial charge in [0.15, 0.2) is 0 Å². The summed E-state index contributed by atoms with van der Waals surface area (Å²) >= 11 is 0. The Balaban J connectivity index is 1.31. The van der Waals surface area contributed by atoms with Crippen molar-refractivity contribution in [2.24, 2.45) is 17.5 Å². The summed E-state index contributed by atoms with van der Waals surface area (Å²) in [5.41, 5.74) is 4.29. The van der Waals surface area contributed by atoms with Gasteiger partial charge in [0.25, 0.3) is 0 Å². The lowest BCUT2D eigenvalue weighted by atomic mass is 9.85. The molecule has 8 heteroatoms. The van der Waals surface area contributed by atoms with E-state index in [1.807, 2.05) is 24.1 Å². The van der Waals surface area contributed by atoms with Crippen LogP contribution in [-0.2, 0) is 23.1 Å². The van der Waals surface area contributed by atoms with Crippen LogP contribution in [0.1, 0.15) is 49.8 Å². The second-order valence-corrected chi connectivity index (χ2v) is 10.3. The molecule has 1 unspecified atom stereocenters. The van der Waals surface area contributed by atoms with Crippen LogP contribution in [0.4, 0.5) is 0 Å². The third-order valence-electron chi connectivity index (χ3n) is 7.67. The average molecular weight is 489 g/mol. The first-order chi connectivity index (χ1) is 17.4. The predicted octanol–water partition coefficient (Wildman–Crippen LogP) is 4.23. The van der Waals surface area contributed by atoms with Gasteiger partial charge in [0, 0.05) is 51.2 Å². The number of rotatable bonds is 4. The molecule has 0 radical (unpaired) electrons. The zero-order chi connectivity index (χ0) is 25.3. The van der Waals surface area contributed by atoms with Crippen molar-refractivity contribution in [3.63, 3.8) is 0 Å². The van der Waals surface area contributed by atoms with E-state index in [9.17, 15) is 4.79 Å². The van der Waals surface area contributed by atoms with Gasteiger partial charge in [-0.2, -0.15) is 15.0 Å². The molecule has 0 bridgehead atoms. The Kier molecular flexibility index (Phi) is 6.69. The lowest BCUT2D eigenvalue weighted by Crippen LogP contribution is -2.38. The van der Waals surface area contributed by atoms with Gasteiger partial charge in [-0.05, 0) is 38.7 Å². The number of methoxy groups -OCH3 is 1. The molecular formula is C28H36N6O2. The number of benzene rings is 1. The second-order valence-electron chi connectivity index (χ2n) is 10.3. The number of nitrogens with zero attached hydrogens (tertiary/aromatic N) is 6. The molecule has 2 aromatic rings. The third kappa shape index (κ3) is 4.81. The summed E-state index contributed by atoms with van der Waals surface area (Å²) in [6.45, 7) is 9.00. The number of aryl methyl sites for hydroxylation is 2. The molecule has 36 heavy (non-hydrogen) atoms. The molecule has 190 valence electrons. The quantitative estimate of drug-likeness (QED) is 0.644. The van der Waals surface area contributed by atoms with Crippen LogP contribution in [0.3, 0.4) is 0 Å². The van der Waals surface area contributed by atoms with Gasteiger partial charge in [0.1, 0.15) is 17.2 Å². The Morgan fingerprint density at radius 1 is 1.14 bits per heavy atom. The smallest absolute Gasteiger partial charge is 0.231 e. The highest BCUT2D eigenvalue weighted by molar-refractivity contribution is 5.89. The number of amides is 1. The summed E-state index contributed by atoms with van der Waals surface area (Å²) in [5, 5.41) is 9.24. The number of ether oxygens (including phenoxy) is 1. The first-order valence-corrected chi connectivity index (χ1v) is 12.9. The van der Waals surface area contributed by atoms with Gasteiger partial charge in [0.05, 0.1) is 30.5 Å². The third-order valence-corrected chi connectivity index (χ3v) is 7.67. The van der Waals surface area contributed by atoms with Gasteiger partial charge in [-0.15, -0.1) is 0 Å². The average Bonchev–Trinajstić information content (AvgIpc) is 3.55. The van der Waals surface area contributed by atoms with Gasteiger partial charge in [0.2, 0.25) is 5.91 Å². The van der Waals surface area contributed by atoms with Crippen LogP contribution in [0, 0.1) is 12.3 Å². The normalized spacial score (nSPS) is 24.4. The molecule has 3 aliphatic rings. The summed E-state index contributed by atoms with van der Waals surface area (Å²) in [6, 6.07) is 8.28. The van der Waals surface area contributed by atoms with Crippen molar-refractivity contribution in [1.82, 2.24) is 24.8 Å².